The fraction of sp³-hybridized carbons (Fsp3) is 0.389. The van der Waals surface area contributed by atoms with Crippen LogP contribution >= 0.6 is 34.7 Å². The third kappa shape index (κ3) is 5.31. The molecule has 1 saturated heterocycles. The zero-order valence-electron chi connectivity index (χ0n) is 17.7. The highest BCUT2D eigenvalue weighted by Crippen LogP contribution is 2.40. The van der Waals surface area contributed by atoms with E-state index in [-0.39, 0.29) is 46.0 Å². The second kappa shape index (κ2) is 10.8. The molecule has 0 saturated carbocycles. The molecule has 182 valence electrons. The van der Waals surface area contributed by atoms with E-state index in [0.29, 0.717) is 0 Å². The Bertz CT molecular complexity index is 1100. The number of carbonyl (C=O) groups excluding carboxylic acids is 4. The van der Waals surface area contributed by atoms with Gasteiger partial charge in [-0.3, -0.25) is 24.1 Å². The summed E-state index contributed by atoms with van der Waals surface area (Å²) in [6.45, 7) is 0.935. The topological polar surface area (TPSA) is 177 Å². The predicted molar refractivity (Wildman–Crippen MR) is 121 cm³/mol. The van der Waals surface area contributed by atoms with E-state index in [1.54, 1.807) is 0 Å². The highest BCUT2D eigenvalue weighted by atomic mass is 35.5. The van der Waals surface area contributed by atoms with Gasteiger partial charge >= 0.3 is 11.9 Å². The van der Waals surface area contributed by atoms with Crippen molar-refractivity contribution in [2.24, 2.45) is 5.16 Å². The molecule has 3 amide bonds. The van der Waals surface area contributed by atoms with E-state index in [2.05, 4.69) is 20.8 Å². The summed E-state index contributed by atoms with van der Waals surface area (Å²) in [6.07, 6.45) is 0. The number of hydrogen-bond acceptors (Lipinski definition) is 11. The number of nitrogens with one attached hydrogen (secondary N) is 2. The molecule has 13 nitrogen and oxygen atoms in total. The maximum Gasteiger partial charge on any atom is 0.352 e. The molecule has 2 aliphatic heterocycles. The number of aromatic nitrogens is 1. The minimum atomic E-state index is -1.35. The fourth-order valence-electron chi connectivity index (χ4n) is 3.08. The molecule has 2 atom stereocenters. The van der Waals surface area contributed by atoms with Gasteiger partial charge < -0.3 is 25.3 Å². The molecule has 1 aromatic rings. The van der Waals surface area contributed by atoms with Crippen LogP contribution in [0.1, 0.15) is 12.6 Å². The molecule has 16 heteroatoms. The molecule has 0 aliphatic carbocycles. The van der Waals surface area contributed by atoms with Crippen LogP contribution < -0.4 is 10.6 Å². The highest BCUT2D eigenvalue weighted by Gasteiger charge is 2.54. The number of thiazole rings is 1. The van der Waals surface area contributed by atoms with Crippen molar-refractivity contribution in [2.75, 3.05) is 30.7 Å². The summed E-state index contributed by atoms with van der Waals surface area (Å²) in [7, 11) is 1.22. The smallest absolute Gasteiger partial charge is 0.352 e. The van der Waals surface area contributed by atoms with E-state index < -0.39 is 41.1 Å². The van der Waals surface area contributed by atoms with Crippen LogP contribution in [0.15, 0.2) is 21.8 Å². The van der Waals surface area contributed by atoms with Crippen molar-refractivity contribution >= 4 is 75.2 Å². The van der Waals surface area contributed by atoms with Gasteiger partial charge in [-0.25, -0.2) is 9.78 Å². The predicted octanol–water partition coefficient (Wildman–Crippen LogP) is -0.0274. The Labute approximate surface area is 205 Å². The average Bonchev–Trinajstić information content (AvgIpc) is 3.26. The van der Waals surface area contributed by atoms with Gasteiger partial charge in [0.05, 0.1) is 0 Å². The SMILES string of the molecule is CON=C(C(=O)N[C@@H]1C(=O)N2C(C(=O)O)=C(COC(C)=O)CS[C@H]12)c1csc(NC(=O)CCl)n1. The number of thioether (sulfide) groups is 1. The molecule has 0 unspecified atom stereocenters. The van der Waals surface area contributed by atoms with Gasteiger partial charge in [0, 0.05) is 23.6 Å². The van der Waals surface area contributed by atoms with Crippen molar-refractivity contribution in [1.82, 2.24) is 15.2 Å². The molecule has 3 heterocycles. The Morgan fingerprint density at radius 3 is 2.74 bits per heavy atom. The summed E-state index contributed by atoms with van der Waals surface area (Å²) in [5, 5.41) is 19.2. The Morgan fingerprint density at radius 2 is 2.12 bits per heavy atom. The number of aliphatic carboxylic acids is 1. The molecular formula is C18H18ClN5O8S2. The minimum absolute atomic E-state index is 0.0870. The number of carboxylic acids is 1. The van der Waals surface area contributed by atoms with Gasteiger partial charge in [0.15, 0.2) is 10.8 Å². The van der Waals surface area contributed by atoms with Gasteiger partial charge in [0.25, 0.3) is 11.8 Å². The van der Waals surface area contributed by atoms with Crippen molar-refractivity contribution in [3.63, 3.8) is 0 Å². The second-order valence-electron chi connectivity index (χ2n) is 6.74. The Morgan fingerprint density at radius 1 is 1.38 bits per heavy atom. The van der Waals surface area contributed by atoms with Gasteiger partial charge in [0.1, 0.15) is 42.4 Å². The largest absolute Gasteiger partial charge is 0.477 e. The van der Waals surface area contributed by atoms with Crippen LogP contribution in [-0.4, -0.2) is 87.1 Å². The van der Waals surface area contributed by atoms with Crippen LogP contribution in [-0.2, 0) is 33.5 Å². The van der Waals surface area contributed by atoms with E-state index in [9.17, 15) is 29.1 Å². The molecule has 3 N–H and O–H groups in total. The van der Waals surface area contributed by atoms with E-state index in [1.165, 1.54) is 31.2 Å². The van der Waals surface area contributed by atoms with Crippen LogP contribution in [0.25, 0.3) is 0 Å². The maximum atomic E-state index is 12.9. The van der Waals surface area contributed by atoms with Crippen molar-refractivity contribution in [2.45, 2.75) is 18.3 Å². The van der Waals surface area contributed by atoms with Gasteiger partial charge in [-0.15, -0.1) is 34.7 Å². The number of nitrogens with zero attached hydrogens (tertiary/aromatic N) is 3. The van der Waals surface area contributed by atoms with Gasteiger partial charge in [-0.1, -0.05) is 5.16 Å². The molecule has 0 bridgehead atoms. The van der Waals surface area contributed by atoms with Crippen LogP contribution in [0.4, 0.5) is 5.13 Å². The van der Waals surface area contributed by atoms with Gasteiger partial charge in [-0.05, 0) is 0 Å². The number of oxime groups is 1. The number of β-lactam (4-membered cyclic amide) rings is 1. The van der Waals surface area contributed by atoms with Crippen molar-refractivity contribution in [3.8, 4) is 0 Å². The lowest BCUT2D eigenvalue weighted by atomic mass is 10.0. The second-order valence-corrected chi connectivity index (χ2v) is 8.97. The molecule has 0 radical (unpaired) electrons. The number of fused-ring (bicyclic) bond motifs is 1. The zero-order chi connectivity index (χ0) is 25.0. The van der Waals surface area contributed by atoms with E-state index in [0.717, 1.165) is 16.2 Å². The van der Waals surface area contributed by atoms with Crippen LogP contribution in [0, 0.1) is 0 Å². The number of ether oxygens (including phenoxy) is 1. The Hall–Kier alpha value is -3.17. The first-order valence-corrected chi connectivity index (χ1v) is 11.9. The first kappa shape index (κ1) is 25.5. The van der Waals surface area contributed by atoms with Gasteiger partial charge in [0.2, 0.25) is 5.91 Å². The van der Waals surface area contributed by atoms with E-state index in [4.69, 9.17) is 21.2 Å². The zero-order valence-corrected chi connectivity index (χ0v) is 20.1. The molecule has 1 aromatic heterocycles. The van der Waals surface area contributed by atoms with Crippen molar-refractivity contribution < 1.29 is 38.7 Å². The summed E-state index contributed by atoms with van der Waals surface area (Å²) in [6, 6.07) is -1.03. The summed E-state index contributed by atoms with van der Waals surface area (Å²) in [5.74, 6) is -3.93. The van der Waals surface area contributed by atoms with Crippen LogP contribution in [0.3, 0.4) is 0 Å². The first-order valence-electron chi connectivity index (χ1n) is 9.45. The highest BCUT2D eigenvalue weighted by molar-refractivity contribution is 8.00. The number of rotatable bonds is 9. The molecule has 0 aromatic carbocycles. The lowest BCUT2D eigenvalue weighted by molar-refractivity contribution is -0.150. The number of carbonyl (C=O) groups is 5. The summed E-state index contributed by atoms with van der Waals surface area (Å²) < 4.78 is 4.89. The number of anilines is 1. The Kier molecular flexibility index (Phi) is 8.11. The fourth-order valence-corrected chi connectivity index (χ4v) is 5.19. The van der Waals surface area contributed by atoms with Gasteiger partial charge in [-0.2, -0.15) is 0 Å². The first-order chi connectivity index (χ1) is 16.2. The summed E-state index contributed by atoms with van der Waals surface area (Å²) in [4.78, 5) is 69.8. The number of esters is 1. The maximum absolute atomic E-state index is 12.9. The third-order valence-corrected chi connectivity index (χ3v) is 6.84. The van der Waals surface area contributed by atoms with Crippen molar-refractivity contribution in [3.05, 3.63) is 22.3 Å². The molecule has 34 heavy (non-hydrogen) atoms. The third-order valence-electron chi connectivity index (χ3n) is 4.50. The summed E-state index contributed by atoms with van der Waals surface area (Å²) >= 11 is 7.69. The van der Waals surface area contributed by atoms with Crippen LogP contribution in [0.2, 0.25) is 0 Å². The number of alkyl halides is 1. The lowest BCUT2D eigenvalue weighted by Crippen LogP contribution is -2.71. The molecule has 2 aliphatic rings. The number of carboxylic acid groups (broad SMARTS) is 1. The standard InChI is InChI=1S/C18H18ClN5O8S2/c1-7(25)32-4-8-5-33-16-12(15(28)24(16)13(8)17(29)30)22-14(27)11(23-31-2)9-6-34-18(20-9)21-10(26)3-19/h6,12,16H,3-5H2,1-2H3,(H,22,27)(H,29,30)(H,20,21,26)/t12-,16-/m1/s1. The van der Waals surface area contributed by atoms with Crippen LogP contribution in [0.5, 0.6) is 0 Å². The molecule has 3 rings (SSSR count). The quantitative estimate of drug-likeness (QED) is 0.129. The number of hydrogen-bond donors (Lipinski definition) is 3. The Balaban J connectivity index is 1.75. The molecular weight excluding hydrogens is 514 g/mol. The monoisotopic (exact) mass is 531 g/mol. The van der Waals surface area contributed by atoms with E-state index >= 15 is 0 Å². The average molecular weight is 532 g/mol. The molecule has 1 fully saturated rings. The minimum Gasteiger partial charge on any atom is -0.477 e. The summed E-state index contributed by atoms with van der Waals surface area (Å²) in [5.41, 5.74) is -0.158. The normalized spacial score (nSPS) is 19.7. The number of amides is 3. The van der Waals surface area contributed by atoms with E-state index in [1.807, 2.05) is 0 Å². The lowest BCUT2D eigenvalue weighted by Gasteiger charge is -2.49. The number of halogens is 1. The van der Waals surface area contributed by atoms with Crippen molar-refractivity contribution in [1.29, 1.82) is 0 Å². The molecule has 0 spiro atoms.